The van der Waals surface area contributed by atoms with Crippen LogP contribution in [0.25, 0.3) is 0 Å². The lowest BCUT2D eigenvalue weighted by Gasteiger charge is -2.08. The molecular formula is C18H18O3. The molecule has 0 fully saturated rings. The second kappa shape index (κ2) is 8.68. The molecule has 0 amide bonds. The molecule has 21 heavy (non-hydrogen) atoms. The Morgan fingerprint density at radius 1 is 0.810 bits per heavy atom. The van der Waals surface area contributed by atoms with E-state index in [1.807, 2.05) is 54.6 Å². The number of ether oxygens (including phenoxy) is 3. The molecule has 0 aliphatic carbocycles. The van der Waals surface area contributed by atoms with Crippen molar-refractivity contribution in [2.75, 3.05) is 19.8 Å². The minimum Gasteiger partial charge on any atom is -0.491 e. The van der Waals surface area contributed by atoms with E-state index >= 15 is 0 Å². The topological polar surface area (TPSA) is 27.7 Å². The third kappa shape index (κ3) is 5.60. The summed E-state index contributed by atoms with van der Waals surface area (Å²) in [5.74, 6) is 4.08. The molecule has 2 aromatic carbocycles. The molecule has 0 saturated carbocycles. The van der Waals surface area contributed by atoms with Crippen LogP contribution in [-0.4, -0.2) is 19.8 Å². The Balaban J connectivity index is 1.73. The van der Waals surface area contributed by atoms with Crippen LogP contribution in [0.1, 0.15) is 5.56 Å². The normalized spacial score (nSPS) is 9.86. The summed E-state index contributed by atoms with van der Waals surface area (Å²) in [7, 11) is 0. The maximum Gasteiger partial charge on any atom is 0.119 e. The molecule has 0 aliphatic rings. The maximum atomic E-state index is 5.68. The van der Waals surface area contributed by atoms with Gasteiger partial charge in [0.15, 0.2) is 0 Å². The largest absolute Gasteiger partial charge is 0.491 e. The smallest absolute Gasteiger partial charge is 0.119 e. The Hall–Kier alpha value is -2.44. The van der Waals surface area contributed by atoms with Crippen molar-refractivity contribution in [3.05, 3.63) is 60.2 Å². The fourth-order valence-corrected chi connectivity index (χ4v) is 1.71. The second-order valence-corrected chi connectivity index (χ2v) is 4.35. The van der Waals surface area contributed by atoms with E-state index in [0.29, 0.717) is 26.4 Å². The van der Waals surface area contributed by atoms with Crippen molar-refractivity contribution in [2.24, 2.45) is 0 Å². The summed E-state index contributed by atoms with van der Waals surface area (Å²) in [5, 5.41) is 0. The molecule has 0 heterocycles. The summed E-state index contributed by atoms with van der Waals surface area (Å²) in [5.41, 5.74) is 1.09. The first-order valence-corrected chi connectivity index (χ1v) is 6.79. The predicted molar refractivity (Wildman–Crippen MR) is 82.4 cm³/mol. The van der Waals surface area contributed by atoms with Crippen LogP contribution in [0, 0.1) is 12.3 Å². The molecule has 3 heteroatoms. The molecule has 0 aliphatic heterocycles. The molecule has 0 radical (unpaired) electrons. The highest BCUT2D eigenvalue weighted by molar-refractivity contribution is 5.28. The van der Waals surface area contributed by atoms with Crippen molar-refractivity contribution in [1.29, 1.82) is 0 Å². The maximum absolute atomic E-state index is 5.68. The van der Waals surface area contributed by atoms with E-state index in [4.69, 9.17) is 20.6 Å². The van der Waals surface area contributed by atoms with Gasteiger partial charge in [0.1, 0.15) is 31.3 Å². The van der Waals surface area contributed by atoms with E-state index in [1.165, 1.54) is 0 Å². The van der Waals surface area contributed by atoms with Crippen molar-refractivity contribution in [3.8, 4) is 23.8 Å². The number of rotatable bonds is 8. The molecule has 0 spiro atoms. The van der Waals surface area contributed by atoms with Gasteiger partial charge in [-0.25, -0.2) is 0 Å². The number of para-hydroxylation sites is 1. The van der Waals surface area contributed by atoms with Gasteiger partial charge in [-0.05, 0) is 29.8 Å². The first kappa shape index (κ1) is 15.0. The van der Waals surface area contributed by atoms with Gasteiger partial charge in [0.2, 0.25) is 0 Å². The van der Waals surface area contributed by atoms with Crippen LogP contribution in [0.4, 0.5) is 0 Å². The second-order valence-electron chi connectivity index (χ2n) is 4.35. The molecule has 0 saturated heterocycles. The van der Waals surface area contributed by atoms with E-state index in [0.717, 1.165) is 17.1 Å². The number of hydrogen-bond donors (Lipinski definition) is 0. The summed E-state index contributed by atoms with van der Waals surface area (Å²) in [6, 6.07) is 17.6. The highest BCUT2D eigenvalue weighted by Gasteiger charge is 1.97. The lowest BCUT2D eigenvalue weighted by Crippen LogP contribution is -2.06. The highest BCUT2D eigenvalue weighted by atomic mass is 16.5. The first-order valence-electron chi connectivity index (χ1n) is 6.79. The summed E-state index contributed by atoms with van der Waals surface area (Å²) in [6.45, 7) is 1.83. The minimum atomic E-state index is 0.319. The van der Waals surface area contributed by atoms with Gasteiger partial charge >= 0.3 is 0 Å². The molecule has 2 rings (SSSR count). The summed E-state index contributed by atoms with van der Waals surface area (Å²) in [6.07, 6.45) is 5.08. The molecule has 0 N–H and O–H groups in total. The molecule has 0 bridgehead atoms. The van der Waals surface area contributed by atoms with Crippen LogP contribution in [0.2, 0.25) is 0 Å². The van der Waals surface area contributed by atoms with Gasteiger partial charge < -0.3 is 14.2 Å². The van der Waals surface area contributed by atoms with Crippen molar-refractivity contribution >= 4 is 0 Å². The van der Waals surface area contributed by atoms with Crippen LogP contribution < -0.4 is 9.47 Å². The zero-order valence-electron chi connectivity index (χ0n) is 11.8. The van der Waals surface area contributed by atoms with Gasteiger partial charge in [-0.1, -0.05) is 36.3 Å². The van der Waals surface area contributed by atoms with Crippen LogP contribution in [0.5, 0.6) is 11.5 Å². The monoisotopic (exact) mass is 282 g/mol. The van der Waals surface area contributed by atoms with E-state index < -0.39 is 0 Å². The molecule has 0 aromatic heterocycles. The molecular weight excluding hydrogens is 264 g/mol. The molecule has 3 nitrogen and oxygen atoms in total. The SMILES string of the molecule is C#CCOCCOc1ccc(COc2ccccc2)cc1. The Morgan fingerprint density at radius 3 is 2.24 bits per heavy atom. The zero-order chi connectivity index (χ0) is 14.8. The molecule has 108 valence electrons. The Kier molecular flexibility index (Phi) is 6.18. The van der Waals surface area contributed by atoms with Crippen molar-refractivity contribution in [3.63, 3.8) is 0 Å². The van der Waals surface area contributed by atoms with Crippen LogP contribution in [-0.2, 0) is 11.3 Å². The van der Waals surface area contributed by atoms with E-state index in [-0.39, 0.29) is 0 Å². The minimum absolute atomic E-state index is 0.319. The average molecular weight is 282 g/mol. The fourth-order valence-electron chi connectivity index (χ4n) is 1.71. The Bertz CT molecular complexity index is 555. The van der Waals surface area contributed by atoms with Gasteiger partial charge in [0.25, 0.3) is 0 Å². The quantitative estimate of drug-likeness (QED) is 0.549. The van der Waals surface area contributed by atoms with E-state index in [2.05, 4.69) is 5.92 Å². The third-order valence-corrected chi connectivity index (χ3v) is 2.75. The van der Waals surface area contributed by atoms with Crippen molar-refractivity contribution < 1.29 is 14.2 Å². The third-order valence-electron chi connectivity index (χ3n) is 2.75. The average Bonchev–Trinajstić information content (AvgIpc) is 2.55. The van der Waals surface area contributed by atoms with Gasteiger partial charge in [-0.3, -0.25) is 0 Å². The first-order chi connectivity index (χ1) is 10.4. The van der Waals surface area contributed by atoms with E-state index in [9.17, 15) is 0 Å². The summed E-state index contributed by atoms with van der Waals surface area (Å²) >= 11 is 0. The standard InChI is InChI=1S/C18H18O3/c1-2-12-19-13-14-20-18-10-8-16(9-11-18)15-21-17-6-4-3-5-7-17/h1,3-11H,12-15H2. The van der Waals surface area contributed by atoms with Crippen LogP contribution in [0.15, 0.2) is 54.6 Å². The van der Waals surface area contributed by atoms with Gasteiger partial charge in [0.05, 0.1) is 6.61 Å². The predicted octanol–water partition coefficient (Wildman–Crippen LogP) is 3.29. The van der Waals surface area contributed by atoms with Crippen molar-refractivity contribution in [1.82, 2.24) is 0 Å². The van der Waals surface area contributed by atoms with Gasteiger partial charge in [0, 0.05) is 0 Å². The van der Waals surface area contributed by atoms with Crippen LogP contribution >= 0.6 is 0 Å². The summed E-state index contributed by atoms with van der Waals surface area (Å²) in [4.78, 5) is 0. The van der Waals surface area contributed by atoms with E-state index in [1.54, 1.807) is 0 Å². The van der Waals surface area contributed by atoms with Crippen LogP contribution in [0.3, 0.4) is 0 Å². The summed E-state index contributed by atoms with van der Waals surface area (Å²) < 4.78 is 16.3. The lowest BCUT2D eigenvalue weighted by molar-refractivity contribution is 0.124. The van der Waals surface area contributed by atoms with Gasteiger partial charge in [-0.2, -0.15) is 0 Å². The Labute approximate surface area is 125 Å². The highest BCUT2D eigenvalue weighted by Crippen LogP contribution is 2.15. The number of terminal acetylenes is 1. The number of hydrogen-bond acceptors (Lipinski definition) is 3. The number of benzene rings is 2. The zero-order valence-corrected chi connectivity index (χ0v) is 11.8. The van der Waals surface area contributed by atoms with Crippen molar-refractivity contribution in [2.45, 2.75) is 6.61 Å². The molecule has 2 aromatic rings. The lowest BCUT2D eigenvalue weighted by atomic mass is 10.2. The molecule has 0 unspecified atom stereocenters. The van der Waals surface area contributed by atoms with Gasteiger partial charge in [-0.15, -0.1) is 6.42 Å². The Morgan fingerprint density at radius 2 is 1.52 bits per heavy atom. The molecule has 0 atom stereocenters. The fraction of sp³-hybridized carbons (Fsp3) is 0.222.